The topological polar surface area (TPSA) is 75.6 Å². The van der Waals surface area contributed by atoms with Gasteiger partial charge in [0.05, 0.1) is 5.92 Å². The second-order valence-electron chi connectivity index (χ2n) is 4.69. The molecule has 2 atom stereocenters. The first-order chi connectivity index (χ1) is 9.16. The molecule has 1 amide bonds. The number of amides is 1. The van der Waals surface area contributed by atoms with E-state index in [-0.39, 0.29) is 12.6 Å². The fraction of sp³-hybridized carbons (Fsp3) is 0.429. The highest BCUT2D eigenvalue weighted by Gasteiger charge is 2.34. The van der Waals surface area contributed by atoms with Gasteiger partial charge in [-0.2, -0.15) is 0 Å². The largest absolute Gasteiger partial charge is 0.481 e. The van der Waals surface area contributed by atoms with Gasteiger partial charge in [-0.3, -0.25) is 4.79 Å². The number of hydrogen-bond acceptors (Lipinski definition) is 3. The third kappa shape index (κ3) is 3.71. The molecule has 0 aromatic heterocycles. The molecule has 1 aromatic carbocycles. The van der Waals surface area contributed by atoms with Crippen LogP contribution in [0.1, 0.15) is 24.8 Å². The maximum absolute atomic E-state index is 11.6. The molecule has 0 unspecified atom stereocenters. The van der Waals surface area contributed by atoms with Gasteiger partial charge in [0, 0.05) is 6.04 Å². The van der Waals surface area contributed by atoms with E-state index >= 15 is 0 Å². The number of nitrogens with one attached hydrogen (secondary N) is 1. The van der Waals surface area contributed by atoms with E-state index in [1.807, 2.05) is 30.3 Å². The van der Waals surface area contributed by atoms with Crippen LogP contribution in [-0.4, -0.2) is 23.2 Å². The summed E-state index contributed by atoms with van der Waals surface area (Å²) >= 11 is 0. The Labute approximate surface area is 111 Å². The van der Waals surface area contributed by atoms with Crippen LogP contribution < -0.4 is 5.32 Å². The van der Waals surface area contributed by atoms with Gasteiger partial charge in [-0.15, -0.1) is 0 Å². The fourth-order valence-electron chi connectivity index (χ4n) is 2.34. The molecule has 0 aliphatic heterocycles. The highest BCUT2D eigenvalue weighted by molar-refractivity contribution is 5.74. The van der Waals surface area contributed by atoms with Gasteiger partial charge in [0.15, 0.2) is 0 Å². The van der Waals surface area contributed by atoms with Crippen molar-refractivity contribution in [1.29, 1.82) is 0 Å². The molecule has 0 spiro atoms. The average Bonchev–Trinajstić information content (AvgIpc) is 2.86. The molecule has 1 aliphatic rings. The lowest BCUT2D eigenvalue weighted by Crippen LogP contribution is -2.40. The lowest BCUT2D eigenvalue weighted by atomic mass is 10.0. The van der Waals surface area contributed by atoms with Crippen LogP contribution in [0.4, 0.5) is 4.79 Å². The molecule has 0 saturated heterocycles. The first-order valence-corrected chi connectivity index (χ1v) is 6.37. The SMILES string of the molecule is O=C(N[C@@H]1CCC[C@@H]1C(=O)O)OCc1ccccc1. The molecular formula is C14H17NO4. The molecular weight excluding hydrogens is 246 g/mol. The summed E-state index contributed by atoms with van der Waals surface area (Å²) in [6.07, 6.45) is 1.57. The maximum Gasteiger partial charge on any atom is 0.407 e. The Hall–Kier alpha value is -2.04. The molecule has 102 valence electrons. The summed E-state index contributed by atoms with van der Waals surface area (Å²) in [5.41, 5.74) is 0.902. The molecule has 19 heavy (non-hydrogen) atoms. The first kappa shape index (κ1) is 13.4. The second-order valence-corrected chi connectivity index (χ2v) is 4.69. The highest BCUT2D eigenvalue weighted by Crippen LogP contribution is 2.25. The fourth-order valence-corrected chi connectivity index (χ4v) is 2.34. The van der Waals surface area contributed by atoms with Crippen LogP contribution in [0.15, 0.2) is 30.3 Å². The lowest BCUT2D eigenvalue weighted by molar-refractivity contribution is -0.142. The van der Waals surface area contributed by atoms with Crippen LogP contribution in [0.25, 0.3) is 0 Å². The van der Waals surface area contributed by atoms with Crippen LogP contribution >= 0.6 is 0 Å². The molecule has 1 saturated carbocycles. The summed E-state index contributed by atoms with van der Waals surface area (Å²) in [4.78, 5) is 22.6. The zero-order chi connectivity index (χ0) is 13.7. The third-order valence-corrected chi connectivity index (χ3v) is 3.35. The Bertz CT molecular complexity index is 446. The molecule has 0 bridgehead atoms. The lowest BCUT2D eigenvalue weighted by Gasteiger charge is -2.17. The quantitative estimate of drug-likeness (QED) is 0.872. The summed E-state index contributed by atoms with van der Waals surface area (Å²) in [6.45, 7) is 0.192. The van der Waals surface area contributed by atoms with Gasteiger partial charge >= 0.3 is 12.1 Å². The predicted molar refractivity (Wildman–Crippen MR) is 68.5 cm³/mol. The van der Waals surface area contributed by atoms with E-state index in [4.69, 9.17) is 9.84 Å². The minimum Gasteiger partial charge on any atom is -0.481 e. The minimum absolute atomic E-state index is 0.192. The van der Waals surface area contributed by atoms with E-state index in [2.05, 4.69) is 5.32 Å². The van der Waals surface area contributed by atoms with E-state index in [9.17, 15) is 9.59 Å². The van der Waals surface area contributed by atoms with Crippen molar-refractivity contribution >= 4 is 12.1 Å². The van der Waals surface area contributed by atoms with Crippen molar-refractivity contribution in [1.82, 2.24) is 5.32 Å². The van der Waals surface area contributed by atoms with E-state index in [1.165, 1.54) is 0 Å². The number of aliphatic carboxylic acids is 1. The van der Waals surface area contributed by atoms with Gasteiger partial charge < -0.3 is 15.2 Å². The number of benzene rings is 1. The van der Waals surface area contributed by atoms with Crippen molar-refractivity contribution in [2.45, 2.75) is 31.9 Å². The van der Waals surface area contributed by atoms with E-state index in [0.717, 1.165) is 12.0 Å². The van der Waals surface area contributed by atoms with Crippen molar-refractivity contribution in [3.63, 3.8) is 0 Å². The van der Waals surface area contributed by atoms with Crippen LogP contribution in [0.2, 0.25) is 0 Å². The Kier molecular flexibility index (Phi) is 4.39. The number of carbonyl (C=O) groups is 2. The predicted octanol–water partition coefficient (Wildman–Crippen LogP) is 2.17. The molecule has 1 aromatic rings. The van der Waals surface area contributed by atoms with Crippen molar-refractivity contribution in [3.8, 4) is 0 Å². The minimum atomic E-state index is -0.856. The van der Waals surface area contributed by atoms with Gasteiger partial charge in [-0.25, -0.2) is 4.79 Å². The average molecular weight is 263 g/mol. The number of rotatable bonds is 4. The van der Waals surface area contributed by atoms with E-state index in [1.54, 1.807) is 0 Å². The van der Waals surface area contributed by atoms with Gasteiger partial charge in [0.2, 0.25) is 0 Å². The van der Waals surface area contributed by atoms with Crippen LogP contribution in [0.5, 0.6) is 0 Å². The van der Waals surface area contributed by atoms with Crippen molar-refractivity contribution in [3.05, 3.63) is 35.9 Å². The second kappa shape index (κ2) is 6.22. The Balaban J connectivity index is 1.80. The van der Waals surface area contributed by atoms with Crippen molar-refractivity contribution < 1.29 is 19.4 Å². The summed E-state index contributed by atoms with van der Waals surface area (Å²) in [5.74, 6) is -1.35. The standard InChI is InChI=1S/C14H17NO4/c16-13(17)11-7-4-8-12(11)15-14(18)19-9-10-5-2-1-3-6-10/h1-3,5-6,11-12H,4,7-9H2,(H,15,18)(H,16,17)/t11-,12+/m0/s1. The number of hydrogen-bond donors (Lipinski definition) is 2. The molecule has 1 fully saturated rings. The third-order valence-electron chi connectivity index (χ3n) is 3.35. The number of carboxylic acids is 1. The van der Waals surface area contributed by atoms with Crippen LogP contribution in [0.3, 0.4) is 0 Å². The van der Waals surface area contributed by atoms with Gasteiger partial charge in [-0.05, 0) is 18.4 Å². The molecule has 0 radical (unpaired) electrons. The molecule has 1 aliphatic carbocycles. The van der Waals surface area contributed by atoms with E-state index in [0.29, 0.717) is 12.8 Å². The molecule has 2 rings (SSSR count). The summed E-state index contributed by atoms with van der Waals surface area (Å²) in [5, 5.41) is 11.7. The molecule has 0 heterocycles. The van der Waals surface area contributed by atoms with Crippen LogP contribution in [-0.2, 0) is 16.1 Å². The first-order valence-electron chi connectivity index (χ1n) is 6.37. The number of carboxylic acid groups (broad SMARTS) is 1. The molecule has 2 N–H and O–H groups in total. The monoisotopic (exact) mass is 263 g/mol. The zero-order valence-corrected chi connectivity index (χ0v) is 10.5. The van der Waals surface area contributed by atoms with Gasteiger partial charge in [0.25, 0.3) is 0 Å². The molecule has 5 nitrogen and oxygen atoms in total. The normalized spacial score (nSPS) is 21.9. The summed E-state index contributed by atoms with van der Waals surface area (Å²) in [6, 6.07) is 9.04. The van der Waals surface area contributed by atoms with Crippen molar-refractivity contribution in [2.24, 2.45) is 5.92 Å². The number of alkyl carbamates (subject to hydrolysis) is 1. The Morgan fingerprint density at radius 2 is 2.00 bits per heavy atom. The number of ether oxygens (including phenoxy) is 1. The smallest absolute Gasteiger partial charge is 0.407 e. The Morgan fingerprint density at radius 3 is 2.68 bits per heavy atom. The van der Waals surface area contributed by atoms with Crippen LogP contribution in [0, 0.1) is 5.92 Å². The van der Waals surface area contributed by atoms with Gasteiger partial charge in [0.1, 0.15) is 6.61 Å². The Morgan fingerprint density at radius 1 is 1.26 bits per heavy atom. The number of carbonyl (C=O) groups excluding carboxylic acids is 1. The van der Waals surface area contributed by atoms with Crippen molar-refractivity contribution in [2.75, 3.05) is 0 Å². The van der Waals surface area contributed by atoms with E-state index < -0.39 is 18.0 Å². The zero-order valence-electron chi connectivity index (χ0n) is 10.5. The summed E-state index contributed by atoms with van der Waals surface area (Å²) in [7, 11) is 0. The highest BCUT2D eigenvalue weighted by atomic mass is 16.5. The summed E-state index contributed by atoms with van der Waals surface area (Å²) < 4.78 is 5.08. The molecule has 5 heteroatoms. The maximum atomic E-state index is 11.6. The van der Waals surface area contributed by atoms with Gasteiger partial charge in [-0.1, -0.05) is 36.8 Å².